The van der Waals surface area contributed by atoms with Crippen LogP contribution in [0.2, 0.25) is 0 Å². The van der Waals surface area contributed by atoms with Crippen molar-refractivity contribution in [2.45, 2.75) is 12.8 Å². The van der Waals surface area contributed by atoms with Gasteiger partial charge in [0.2, 0.25) is 5.91 Å². The van der Waals surface area contributed by atoms with Crippen molar-refractivity contribution in [3.05, 3.63) is 54.6 Å². The highest BCUT2D eigenvalue weighted by Crippen LogP contribution is 2.17. The molecule has 1 aromatic carbocycles. The number of aromatic nitrogens is 2. The van der Waals surface area contributed by atoms with Crippen molar-refractivity contribution in [2.24, 2.45) is 5.92 Å². The van der Waals surface area contributed by atoms with E-state index in [4.69, 9.17) is 5.11 Å². The Balaban J connectivity index is 1.58. The molecule has 5 heteroatoms. The van der Waals surface area contributed by atoms with Crippen molar-refractivity contribution >= 4 is 12.0 Å². The second-order valence-corrected chi connectivity index (χ2v) is 5.85. The zero-order chi connectivity index (χ0) is 16.1. The van der Waals surface area contributed by atoms with Crippen LogP contribution in [-0.2, 0) is 4.79 Å². The lowest BCUT2D eigenvalue weighted by atomic mass is 9.98. The Hall–Kier alpha value is -2.40. The van der Waals surface area contributed by atoms with Crippen LogP contribution in [0.25, 0.3) is 11.8 Å². The van der Waals surface area contributed by atoms with Gasteiger partial charge in [-0.05, 0) is 42.5 Å². The molecule has 1 saturated heterocycles. The van der Waals surface area contributed by atoms with Crippen molar-refractivity contribution in [1.29, 1.82) is 0 Å². The molecule has 0 radical (unpaired) electrons. The topological polar surface area (TPSA) is 58.4 Å². The van der Waals surface area contributed by atoms with E-state index in [1.54, 1.807) is 18.6 Å². The molecule has 1 amide bonds. The predicted molar refractivity (Wildman–Crippen MR) is 89.0 cm³/mol. The third-order valence-electron chi connectivity index (χ3n) is 4.30. The van der Waals surface area contributed by atoms with E-state index in [2.05, 4.69) is 4.98 Å². The molecule has 1 fully saturated rings. The number of hydrogen-bond acceptors (Lipinski definition) is 3. The number of aliphatic hydroxyl groups excluding tert-OH is 1. The molecule has 1 N–H and O–H groups in total. The fourth-order valence-corrected chi connectivity index (χ4v) is 2.78. The first-order valence-corrected chi connectivity index (χ1v) is 7.92. The molecule has 2 heterocycles. The Kier molecular flexibility index (Phi) is 4.88. The van der Waals surface area contributed by atoms with E-state index in [1.807, 2.05) is 46.0 Å². The molecule has 0 spiro atoms. The van der Waals surface area contributed by atoms with E-state index in [-0.39, 0.29) is 12.5 Å². The van der Waals surface area contributed by atoms with Gasteiger partial charge in [0.05, 0.1) is 6.33 Å². The summed E-state index contributed by atoms with van der Waals surface area (Å²) >= 11 is 0. The maximum atomic E-state index is 12.2. The van der Waals surface area contributed by atoms with Crippen LogP contribution in [-0.4, -0.2) is 45.2 Å². The number of nitrogens with zero attached hydrogens (tertiary/aromatic N) is 3. The maximum absolute atomic E-state index is 12.2. The zero-order valence-corrected chi connectivity index (χ0v) is 13.0. The van der Waals surface area contributed by atoms with Crippen molar-refractivity contribution < 1.29 is 9.90 Å². The van der Waals surface area contributed by atoms with E-state index in [0.717, 1.165) is 37.2 Å². The first kappa shape index (κ1) is 15.5. The lowest BCUT2D eigenvalue weighted by Crippen LogP contribution is -2.38. The van der Waals surface area contributed by atoms with Crippen LogP contribution in [0.4, 0.5) is 0 Å². The Morgan fingerprint density at radius 1 is 1.26 bits per heavy atom. The summed E-state index contributed by atoms with van der Waals surface area (Å²) < 4.78 is 1.93. The summed E-state index contributed by atoms with van der Waals surface area (Å²) in [5.41, 5.74) is 2.03. The molecule has 3 rings (SSSR count). The lowest BCUT2D eigenvalue weighted by Gasteiger charge is -2.30. The standard InChI is InChI=1S/C18H21N3O2/c22-13-16-7-10-20(11-8-16)18(23)6-3-15-1-4-17(5-2-15)21-12-9-19-14-21/h1-6,9,12,14,16,22H,7-8,10-11,13H2/b6-3+. The number of amides is 1. The Morgan fingerprint density at radius 2 is 2.00 bits per heavy atom. The molecule has 23 heavy (non-hydrogen) atoms. The first-order valence-electron chi connectivity index (χ1n) is 7.92. The van der Waals surface area contributed by atoms with E-state index in [9.17, 15) is 4.79 Å². The van der Waals surface area contributed by atoms with Crippen LogP contribution in [0, 0.1) is 5.92 Å². The maximum Gasteiger partial charge on any atom is 0.246 e. The van der Waals surface area contributed by atoms with Crippen LogP contribution < -0.4 is 0 Å². The smallest absolute Gasteiger partial charge is 0.246 e. The van der Waals surface area contributed by atoms with Crippen LogP contribution in [0.3, 0.4) is 0 Å². The largest absolute Gasteiger partial charge is 0.396 e. The van der Waals surface area contributed by atoms with Crippen molar-refractivity contribution in [1.82, 2.24) is 14.5 Å². The number of rotatable bonds is 4. The van der Waals surface area contributed by atoms with Gasteiger partial charge in [0.1, 0.15) is 0 Å². The normalized spacial score (nSPS) is 16.1. The minimum atomic E-state index is 0.0417. The van der Waals surface area contributed by atoms with Crippen LogP contribution in [0.1, 0.15) is 18.4 Å². The Labute approximate surface area is 135 Å². The summed E-state index contributed by atoms with van der Waals surface area (Å²) in [5.74, 6) is 0.388. The second kappa shape index (κ2) is 7.24. The van der Waals surface area contributed by atoms with Crippen LogP contribution >= 0.6 is 0 Å². The van der Waals surface area contributed by atoms with Gasteiger partial charge in [-0.1, -0.05) is 12.1 Å². The molecule has 0 unspecified atom stereocenters. The van der Waals surface area contributed by atoms with Crippen molar-refractivity contribution in [3.63, 3.8) is 0 Å². The van der Waals surface area contributed by atoms with Crippen LogP contribution in [0.5, 0.6) is 0 Å². The van der Waals surface area contributed by atoms with Gasteiger partial charge in [0.25, 0.3) is 0 Å². The molecule has 120 valence electrons. The van der Waals surface area contributed by atoms with Gasteiger partial charge in [-0.15, -0.1) is 0 Å². The number of hydrogen-bond donors (Lipinski definition) is 1. The van der Waals surface area contributed by atoms with E-state index >= 15 is 0 Å². The van der Waals surface area contributed by atoms with Gasteiger partial charge >= 0.3 is 0 Å². The highest BCUT2D eigenvalue weighted by molar-refractivity contribution is 5.91. The second-order valence-electron chi connectivity index (χ2n) is 5.85. The van der Waals surface area contributed by atoms with Crippen molar-refractivity contribution in [3.8, 4) is 5.69 Å². The summed E-state index contributed by atoms with van der Waals surface area (Å²) in [6.45, 7) is 1.68. The van der Waals surface area contributed by atoms with Gasteiger partial charge in [-0.25, -0.2) is 4.98 Å². The van der Waals surface area contributed by atoms with Gasteiger partial charge < -0.3 is 14.6 Å². The third-order valence-corrected chi connectivity index (χ3v) is 4.30. The first-order chi connectivity index (χ1) is 11.3. The van der Waals surface area contributed by atoms with Gasteiger partial charge in [-0.2, -0.15) is 0 Å². The summed E-state index contributed by atoms with van der Waals surface area (Å²) in [5, 5.41) is 9.14. The average molecular weight is 311 g/mol. The molecular weight excluding hydrogens is 290 g/mol. The van der Waals surface area contributed by atoms with Gasteiger partial charge in [0, 0.05) is 43.9 Å². The number of aliphatic hydroxyl groups is 1. The lowest BCUT2D eigenvalue weighted by molar-refractivity contribution is -0.127. The molecule has 2 aromatic rings. The molecule has 0 saturated carbocycles. The minimum Gasteiger partial charge on any atom is -0.396 e. The fraction of sp³-hybridized carbons (Fsp3) is 0.333. The average Bonchev–Trinajstić information content (AvgIpc) is 3.15. The molecule has 1 aromatic heterocycles. The van der Waals surface area contributed by atoms with Gasteiger partial charge in [0.15, 0.2) is 0 Å². The zero-order valence-electron chi connectivity index (χ0n) is 13.0. The Bertz CT molecular complexity index is 654. The predicted octanol–water partition coefficient (Wildman–Crippen LogP) is 2.12. The molecular formula is C18H21N3O2. The highest BCUT2D eigenvalue weighted by Gasteiger charge is 2.20. The van der Waals surface area contributed by atoms with E-state index < -0.39 is 0 Å². The van der Waals surface area contributed by atoms with Crippen molar-refractivity contribution in [2.75, 3.05) is 19.7 Å². The third kappa shape index (κ3) is 3.87. The fourth-order valence-electron chi connectivity index (χ4n) is 2.78. The van der Waals surface area contributed by atoms with Gasteiger partial charge in [-0.3, -0.25) is 4.79 Å². The molecule has 5 nitrogen and oxygen atoms in total. The number of imidazole rings is 1. The Morgan fingerprint density at radius 3 is 2.61 bits per heavy atom. The quantitative estimate of drug-likeness (QED) is 0.880. The summed E-state index contributed by atoms with van der Waals surface area (Å²) in [4.78, 5) is 18.1. The summed E-state index contributed by atoms with van der Waals surface area (Å²) in [6, 6.07) is 7.96. The van der Waals surface area contributed by atoms with E-state index in [1.165, 1.54) is 0 Å². The number of piperidine rings is 1. The molecule has 0 bridgehead atoms. The summed E-state index contributed by atoms with van der Waals surface area (Å²) in [7, 11) is 0. The molecule has 0 atom stereocenters. The SMILES string of the molecule is O=C(/C=C/c1ccc(-n2ccnc2)cc1)N1CCC(CO)CC1. The molecule has 1 aliphatic heterocycles. The van der Waals surface area contributed by atoms with E-state index in [0.29, 0.717) is 5.92 Å². The monoisotopic (exact) mass is 311 g/mol. The number of carbonyl (C=O) groups excluding carboxylic acids is 1. The molecule has 0 aliphatic carbocycles. The van der Waals surface area contributed by atoms with Crippen LogP contribution in [0.15, 0.2) is 49.1 Å². The number of likely N-dealkylation sites (tertiary alicyclic amines) is 1. The molecule has 1 aliphatic rings. The highest BCUT2D eigenvalue weighted by atomic mass is 16.3. The minimum absolute atomic E-state index is 0.0417. The number of benzene rings is 1. The number of carbonyl (C=O) groups is 1. The summed E-state index contributed by atoms with van der Waals surface area (Å²) in [6.07, 6.45) is 10.6.